The van der Waals surface area contributed by atoms with Crippen molar-refractivity contribution in [3.05, 3.63) is 65.2 Å². The van der Waals surface area contributed by atoms with Crippen LogP contribution in [0.1, 0.15) is 30.0 Å². The average molecular weight is 415 g/mol. The molecule has 8 heteroatoms. The van der Waals surface area contributed by atoms with E-state index in [0.29, 0.717) is 16.7 Å². The maximum Gasteiger partial charge on any atom is 0.234 e. The van der Waals surface area contributed by atoms with E-state index in [1.807, 2.05) is 46.0 Å². The zero-order valence-electron chi connectivity index (χ0n) is 16.8. The molecule has 2 aromatic carbocycles. The molecule has 1 heterocycles. The summed E-state index contributed by atoms with van der Waals surface area (Å²) in [7, 11) is 1.82. The first-order chi connectivity index (χ1) is 13.8. The zero-order chi connectivity index (χ0) is 21.0. The third-order valence-electron chi connectivity index (χ3n) is 4.57. The fourth-order valence-corrected chi connectivity index (χ4v) is 3.50. The van der Waals surface area contributed by atoms with E-state index in [9.17, 15) is 9.18 Å². The van der Waals surface area contributed by atoms with Crippen LogP contribution in [-0.4, -0.2) is 26.4 Å². The standard InChI is InChI=1S/C21H23FN4O2S/c1-13-6-5-7-18(14(13)2)23-19(27)12-29-21-25-24-20(26(21)4)15(3)28-17-10-8-16(22)9-11-17/h5-11,15H,12H2,1-4H3,(H,23,27). The second-order valence-corrected chi connectivity index (χ2v) is 7.64. The lowest BCUT2D eigenvalue weighted by Crippen LogP contribution is -2.15. The molecule has 0 saturated heterocycles. The van der Waals surface area contributed by atoms with Gasteiger partial charge in [-0.05, 0) is 62.2 Å². The van der Waals surface area contributed by atoms with Gasteiger partial charge in [0.15, 0.2) is 17.1 Å². The first kappa shape index (κ1) is 20.9. The van der Waals surface area contributed by atoms with Crippen LogP contribution in [0.15, 0.2) is 47.6 Å². The smallest absolute Gasteiger partial charge is 0.234 e. The van der Waals surface area contributed by atoms with Crippen LogP contribution in [0, 0.1) is 19.7 Å². The summed E-state index contributed by atoms with van der Waals surface area (Å²) >= 11 is 1.30. The van der Waals surface area contributed by atoms with E-state index in [1.165, 1.54) is 23.9 Å². The van der Waals surface area contributed by atoms with Crippen molar-refractivity contribution in [1.29, 1.82) is 0 Å². The number of amides is 1. The highest BCUT2D eigenvalue weighted by Gasteiger charge is 2.18. The van der Waals surface area contributed by atoms with E-state index in [-0.39, 0.29) is 23.6 Å². The van der Waals surface area contributed by atoms with Crippen LogP contribution in [-0.2, 0) is 11.8 Å². The fourth-order valence-electron chi connectivity index (χ4n) is 2.78. The predicted octanol–water partition coefficient (Wildman–Crippen LogP) is 4.44. The van der Waals surface area contributed by atoms with Crippen LogP contribution in [0.25, 0.3) is 0 Å². The van der Waals surface area contributed by atoms with E-state index < -0.39 is 0 Å². The van der Waals surface area contributed by atoms with Gasteiger partial charge >= 0.3 is 0 Å². The Morgan fingerprint density at radius 1 is 1.21 bits per heavy atom. The number of anilines is 1. The van der Waals surface area contributed by atoms with Gasteiger partial charge in [0.25, 0.3) is 0 Å². The van der Waals surface area contributed by atoms with Gasteiger partial charge in [-0.2, -0.15) is 0 Å². The summed E-state index contributed by atoms with van der Waals surface area (Å²) in [6.07, 6.45) is -0.379. The number of halogens is 1. The van der Waals surface area contributed by atoms with Crippen molar-refractivity contribution < 1.29 is 13.9 Å². The topological polar surface area (TPSA) is 69.0 Å². The second-order valence-electron chi connectivity index (χ2n) is 6.70. The molecule has 1 unspecified atom stereocenters. The molecule has 0 spiro atoms. The number of aromatic nitrogens is 3. The Kier molecular flexibility index (Phi) is 6.53. The Bertz CT molecular complexity index is 1000. The molecule has 1 amide bonds. The summed E-state index contributed by atoms with van der Waals surface area (Å²) in [5.41, 5.74) is 3.00. The molecule has 0 aliphatic rings. The summed E-state index contributed by atoms with van der Waals surface area (Å²) in [5.74, 6) is 0.952. The van der Waals surface area contributed by atoms with Crippen LogP contribution in [0.3, 0.4) is 0 Å². The van der Waals surface area contributed by atoms with Gasteiger partial charge in [-0.3, -0.25) is 4.79 Å². The number of thioether (sulfide) groups is 1. The molecular weight excluding hydrogens is 391 g/mol. The quantitative estimate of drug-likeness (QED) is 0.579. The molecule has 0 radical (unpaired) electrons. The number of carbonyl (C=O) groups excluding carboxylic acids is 1. The van der Waals surface area contributed by atoms with Crippen LogP contribution < -0.4 is 10.1 Å². The Labute approximate surface area is 173 Å². The van der Waals surface area contributed by atoms with Gasteiger partial charge in [-0.1, -0.05) is 23.9 Å². The molecule has 0 aliphatic heterocycles. The minimum Gasteiger partial charge on any atom is -0.483 e. The van der Waals surface area contributed by atoms with E-state index in [2.05, 4.69) is 15.5 Å². The van der Waals surface area contributed by atoms with Crippen molar-refractivity contribution in [3.8, 4) is 5.75 Å². The largest absolute Gasteiger partial charge is 0.483 e. The highest BCUT2D eigenvalue weighted by Crippen LogP contribution is 2.24. The van der Waals surface area contributed by atoms with Crippen molar-refractivity contribution in [1.82, 2.24) is 14.8 Å². The molecule has 1 atom stereocenters. The monoisotopic (exact) mass is 414 g/mol. The van der Waals surface area contributed by atoms with E-state index in [1.54, 1.807) is 16.7 Å². The highest BCUT2D eigenvalue weighted by atomic mass is 32.2. The molecule has 3 aromatic rings. The number of aryl methyl sites for hydroxylation is 1. The molecule has 3 rings (SSSR count). The summed E-state index contributed by atoms with van der Waals surface area (Å²) in [4.78, 5) is 12.3. The van der Waals surface area contributed by atoms with Crippen LogP contribution in [0.4, 0.5) is 10.1 Å². The van der Waals surface area contributed by atoms with Crippen molar-refractivity contribution in [3.63, 3.8) is 0 Å². The molecule has 0 saturated carbocycles. The van der Waals surface area contributed by atoms with E-state index in [4.69, 9.17) is 4.74 Å². The third-order valence-corrected chi connectivity index (χ3v) is 5.59. The van der Waals surface area contributed by atoms with Crippen molar-refractivity contribution in [2.45, 2.75) is 32.0 Å². The first-order valence-corrected chi connectivity index (χ1v) is 10.1. The number of carbonyl (C=O) groups is 1. The number of nitrogens with one attached hydrogen (secondary N) is 1. The predicted molar refractivity (Wildman–Crippen MR) is 112 cm³/mol. The van der Waals surface area contributed by atoms with Gasteiger partial charge in [0.1, 0.15) is 11.6 Å². The van der Waals surface area contributed by atoms with Crippen LogP contribution >= 0.6 is 11.8 Å². The Balaban J connectivity index is 1.59. The molecule has 1 aromatic heterocycles. The number of ether oxygens (including phenoxy) is 1. The lowest BCUT2D eigenvalue weighted by Gasteiger charge is -2.14. The Morgan fingerprint density at radius 3 is 2.66 bits per heavy atom. The molecule has 152 valence electrons. The van der Waals surface area contributed by atoms with Crippen molar-refractivity contribution in [2.24, 2.45) is 7.05 Å². The van der Waals surface area contributed by atoms with E-state index in [0.717, 1.165) is 16.8 Å². The molecule has 29 heavy (non-hydrogen) atoms. The minimum absolute atomic E-state index is 0.108. The summed E-state index contributed by atoms with van der Waals surface area (Å²) in [6, 6.07) is 11.6. The Morgan fingerprint density at radius 2 is 1.93 bits per heavy atom. The molecular formula is C21H23FN4O2S. The van der Waals surface area contributed by atoms with Gasteiger partial charge in [0.2, 0.25) is 5.91 Å². The summed E-state index contributed by atoms with van der Waals surface area (Å²) in [5, 5.41) is 11.9. The minimum atomic E-state index is -0.379. The van der Waals surface area contributed by atoms with Crippen LogP contribution in [0.5, 0.6) is 5.75 Å². The molecule has 6 nitrogen and oxygen atoms in total. The lowest BCUT2D eigenvalue weighted by atomic mass is 10.1. The molecule has 1 N–H and O–H groups in total. The van der Waals surface area contributed by atoms with Gasteiger partial charge in [-0.25, -0.2) is 4.39 Å². The lowest BCUT2D eigenvalue weighted by molar-refractivity contribution is -0.113. The molecule has 0 aliphatic carbocycles. The molecule has 0 fully saturated rings. The highest BCUT2D eigenvalue weighted by molar-refractivity contribution is 7.99. The van der Waals surface area contributed by atoms with Gasteiger partial charge in [0.05, 0.1) is 5.75 Å². The number of nitrogens with zero attached hydrogens (tertiary/aromatic N) is 3. The maximum atomic E-state index is 13.0. The average Bonchev–Trinajstić information content (AvgIpc) is 3.06. The number of rotatable bonds is 7. The zero-order valence-corrected chi connectivity index (χ0v) is 17.6. The summed E-state index contributed by atoms with van der Waals surface area (Å²) in [6.45, 7) is 5.83. The fraction of sp³-hybridized carbons (Fsp3) is 0.286. The summed E-state index contributed by atoms with van der Waals surface area (Å²) < 4.78 is 20.6. The maximum absolute atomic E-state index is 13.0. The number of hydrogen-bond donors (Lipinski definition) is 1. The van der Waals surface area contributed by atoms with Crippen molar-refractivity contribution in [2.75, 3.05) is 11.1 Å². The Hall–Kier alpha value is -2.87. The van der Waals surface area contributed by atoms with Gasteiger partial charge in [-0.15, -0.1) is 10.2 Å². The first-order valence-electron chi connectivity index (χ1n) is 9.15. The number of benzene rings is 2. The molecule has 0 bridgehead atoms. The SMILES string of the molecule is Cc1cccc(NC(=O)CSc2nnc(C(C)Oc3ccc(F)cc3)n2C)c1C. The van der Waals surface area contributed by atoms with Crippen LogP contribution in [0.2, 0.25) is 0 Å². The van der Waals surface area contributed by atoms with Crippen molar-refractivity contribution >= 4 is 23.4 Å². The normalized spacial score (nSPS) is 11.9. The second kappa shape index (κ2) is 9.09. The van der Waals surface area contributed by atoms with E-state index >= 15 is 0 Å². The van der Waals surface area contributed by atoms with Gasteiger partial charge in [0, 0.05) is 12.7 Å². The third kappa shape index (κ3) is 5.14. The number of hydrogen-bond acceptors (Lipinski definition) is 5. The van der Waals surface area contributed by atoms with Gasteiger partial charge < -0.3 is 14.6 Å².